The summed E-state index contributed by atoms with van der Waals surface area (Å²) in [5, 5.41) is 4.27. The van der Waals surface area contributed by atoms with Crippen LogP contribution in [0.4, 0.5) is 14.7 Å². The van der Waals surface area contributed by atoms with Crippen LogP contribution >= 0.6 is 0 Å². The summed E-state index contributed by atoms with van der Waals surface area (Å²) in [7, 11) is 1.34. The Labute approximate surface area is 224 Å². The summed E-state index contributed by atoms with van der Waals surface area (Å²) in [4.78, 5) is 23.4. The van der Waals surface area contributed by atoms with Gasteiger partial charge in [-0.3, -0.25) is 0 Å². The fraction of sp³-hybridized carbons (Fsp3) is 0.500. The summed E-state index contributed by atoms with van der Waals surface area (Å²) < 4.78 is 47.9. The Balaban J connectivity index is 1.20. The van der Waals surface area contributed by atoms with Crippen molar-refractivity contribution in [1.29, 1.82) is 0 Å². The molecule has 9 nitrogen and oxygen atoms in total. The Hall–Kier alpha value is -3.60. The van der Waals surface area contributed by atoms with Crippen LogP contribution in [0.1, 0.15) is 71.9 Å². The van der Waals surface area contributed by atoms with Gasteiger partial charge >= 0.3 is 12.6 Å². The van der Waals surface area contributed by atoms with Crippen LogP contribution in [-0.2, 0) is 16.1 Å². The second kappa shape index (κ2) is 10.5. The first-order valence-electron chi connectivity index (χ1n) is 13.3. The number of esters is 1. The van der Waals surface area contributed by atoms with E-state index in [1.165, 1.54) is 13.2 Å². The van der Waals surface area contributed by atoms with Crippen LogP contribution in [0, 0.1) is 6.92 Å². The van der Waals surface area contributed by atoms with Gasteiger partial charge in [-0.05, 0) is 63.6 Å². The van der Waals surface area contributed by atoms with Crippen molar-refractivity contribution in [2.24, 2.45) is 0 Å². The minimum absolute atomic E-state index is 0.00834. The van der Waals surface area contributed by atoms with E-state index in [0.717, 1.165) is 49.8 Å². The van der Waals surface area contributed by atoms with Gasteiger partial charge in [0.15, 0.2) is 5.69 Å². The summed E-state index contributed by atoms with van der Waals surface area (Å²) in [6, 6.07) is 8.62. The third-order valence-electron chi connectivity index (χ3n) is 7.75. The van der Waals surface area contributed by atoms with Gasteiger partial charge in [-0.2, -0.15) is 8.78 Å². The Kier molecular flexibility index (Phi) is 6.92. The monoisotopic (exact) mass is 540 g/mol. The molecule has 2 saturated heterocycles. The Morgan fingerprint density at radius 1 is 1.13 bits per heavy atom. The number of benzene rings is 1. The molecule has 0 amide bonds. The van der Waals surface area contributed by atoms with Gasteiger partial charge in [0, 0.05) is 34.8 Å². The summed E-state index contributed by atoms with van der Waals surface area (Å²) in [5.41, 5.74) is 2.70. The fourth-order valence-corrected chi connectivity index (χ4v) is 5.87. The van der Waals surface area contributed by atoms with Crippen molar-refractivity contribution in [3.63, 3.8) is 0 Å². The van der Waals surface area contributed by atoms with E-state index in [4.69, 9.17) is 18.7 Å². The number of aromatic nitrogens is 3. The summed E-state index contributed by atoms with van der Waals surface area (Å²) in [5.74, 6) is 1.16. The molecule has 0 radical (unpaired) electrons. The van der Waals surface area contributed by atoms with E-state index in [1.807, 2.05) is 6.92 Å². The van der Waals surface area contributed by atoms with Crippen LogP contribution in [-0.4, -0.2) is 53.0 Å². The maximum atomic E-state index is 13.1. The second-order valence-corrected chi connectivity index (χ2v) is 10.4. The highest BCUT2D eigenvalue weighted by atomic mass is 19.3. The lowest BCUT2D eigenvalue weighted by atomic mass is 9.99. The minimum atomic E-state index is -2.94. The zero-order valence-corrected chi connectivity index (χ0v) is 21.8. The maximum Gasteiger partial charge on any atom is 0.387 e. The number of halogens is 2. The Bertz CT molecular complexity index is 1350. The molecule has 6 rings (SSSR count). The molecule has 1 aromatic carbocycles. The molecule has 3 atom stereocenters. The molecular formula is C28H30F2N4O5. The minimum Gasteiger partial charge on any atom is -0.464 e. The highest BCUT2D eigenvalue weighted by molar-refractivity contribution is 5.87. The number of ether oxygens (including phenoxy) is 3. The summed E-state index contributed by atoms with van der Waals surface area (Å²) in [6.07, 6.45) is 5.54. The van der Waals surface area contributed by atoms with E-state index in [-0.39, 0.29) is 42.2 Å². The molecule has 1 saturated carbocycles. The molecule has 3 fully saturated rings. The van der Waals surface area contributed by atoms with Crippen molar-refractivity contribution in [2.75, 3.05) is 12.0 Å². The molecule has 206 valence electrons. The predicted octanol–water partition coefficient (Wildman–Crippen LogP) is 5.42. The van der Waals surface area contributed by atoms with Crippen molar-refractivity contribution < 1.29 is 32.3 Å². The third kappa shape index (κ3) is 5.19. The number of fused-ring (bicyclic) bond motifs is 2. The second-order valence-electron chi connectivity index (χ2n) is 10.4. The topological polar surface area (TPSA) is 99.8 Å². The number of alkyl halides is 2. The molecule has 0 spiro atoms. The number of hydrogen-bond donors (Lipinski definition) is 0. The van der Waals surface area contributed by atoms with Crippen LogP contribution in [0.25, 0.3) is 11.3 Å². The van der Waals surface area contributed by atoms with Crippen molar-refractivity contribution in [3.05, 3.63) is 53.0 Å². The molecule has 3 aliphatic rings. The highest BCUT2D eigenvalue weighted by Gasteiger charge is 2.43. The van der Waals surface area contributed by atoms with Gasteiger partial charge in [0.25, 0.3) is 0 Å². The van der Waals surface area contributed by atoms with Gasteiger partial charge in [0.05, 0.1) is 19.8 Å². The first-order chi connectivity index (χ1) is 18.9. The molecule has 4 heterocycles. The Morgan fingerprint density at radius 2 is 1.87 bits per heavy atom. The lowest BCUT2D eigenvalue weighted by molar-refractivity contribution is -0.0494. The quantitative estimate of drug-likeness (QED) is 0.329. The van der Waals surface area contributed by atoms with Gasteiger partial charge in [-0.15, -0.1) is 0 Å². The molecule has 11 heteroatoms. The van der Waals surface area contributed by atoms with E-state index < -0.39 is 12.6 Å². The molecule has 2 aliphatic heterocycles. The van der Waals surface area contributed by atoms with E-state index >= 15 is 0 Å². The number of hydrogen-bond acceptors (Lipinski definition) is 9. The molecule has 39 heavy (non-hydrogen) atoms. The molecule has 1 aliphatic carbocycles. The number of methoxy groups -OCH3 is 1. The lowest BCUT2D eigenvalue weighted by Gasteiger charge is -2.39. The smallest absolute Gasteiger partial charge is 0.387 e. The molecular weight excluding hydrogens is 510 g/mol. The molecule has 2 aromatic heterocycles. The van der Waals surface area contributed by atoms with Crippen LogP contribution in [0.5, 0.6) is 5.75 Å². The summed E-state index contributed by atoms with van der Waals surface area (Å²) >= 11 is 0. The van der Waals surface area contributed by atoms with Crippen LogP contribution in [0.2, 0.25) is 0 Å². The zero-order chi connectivity index (χ0) is 27.1. The van der Waals surface area contributed by atoms with E-state index in [1.54, 1.807) is 24.3 Å². The van der Waals surface area contributed by atoms with E-state index in [9.17, 15) is 13.6 Å². The number of aryl methyl sites for hydroxylation is 1. The largest absolute Gasteiger partial charge is 0.464 e. The normalized spacial score (nSPS) is 22.4. The van der Waals surface area contributed by atoms with Gasteiger partial charge in [0.2, 0.25) is 5.95 Å². The predicted molar refractivity (Wildman–Crippen MR) is 136 cm³/mol. The van der Waals surface area contributed by atoms with Crippen molar-refractivity contribution in [3.8, 4) is 17.0 Å². The first kappa shape index (κ1) is 25.7. The van der Waals surface area contributed by atoms with Crippen LogP contribution < -0.4 is 9.64 Å². The molecule has 0 unspecified atom stereocenters. The van der Waals surface area contributed by atoms with Crippen molar-refractivity contribution >= 4 is 11.9 Å². The molecule has 3 aromatic rings. The average Bonchev–Trinajstić information content (AvgIpc) is 3.62. The SMILES string of the molecule is COC(=O)c1cc(C)nc(N2[C@@H]3CC[C@H]2C[C@H](OCc2c(-c4ccccc4OC(F)F)noc2C2CC2)C3)n1. The highest BCUT2D eigenvalue weighted by Crippen LogP contribution is 2.46. The number of rotatable bonds is 9. The van der Waals surface area contributed by atoms with Crippen molar-refractivity contribution in [2.45, 2.75) is 82.8 Å². The van der Waals surface area contributed by atoms with Crippen molar-refractivity contribution in [1.82, 2.24) is 15.1 Å². The average molecular weight is 541 g/mol. The standard InChI is InChI=1S/C28H30F2N4O5/c1-15-11-22(26(35)36-2)32-28(31-15)34-17-9-10-18(34)13-19(12-17)37-14-21-24(33-39-25(21)16-7-8-16)20-5-3-4-6-23(20)38-27(29)30/h3-6,11,16-19,27H,7-10,12-14H2,1-2H3/t17-,18+,19-. The lowest BCUT2D eigenvalue weighted by Crippen LogP contribution is -2.46. The third-order valence-corrected chi connectivity index (χ3v) is 7.75. The maximum absolute atomic E-state index is 13.1. The zero-order valence-electron chi connectivity index (χ0n) is 21.8. The number of nitrogens with zero attached hydrogens (tertiary/aromatic N) is 4. The van der Waals surface area contributed by atoms with E-state index in [2.05, 4.69) is 20.0 Å². The van der Waals surface area contributed by atoms with Gasteiger partial charge < -0.3 is 23.6 Å². The van der Waals surface area contributed by atoms with Crippen LogP contribution in [0.15, 0.2) is 34.9 Å². The number of carbonyl (C=O) groups excluding carboxylic acids is 1. The Morgan fingerprint density at radius 3 is 2.56 bits per heavy atom. The number of anilines is 1. The van der Waals surface area contributed by atoms with Gasteiger partial charge in [0.1, 0.15) is 17.2 Å². The number of para-hydroxylation sites is 1. The fourth-order valence-electron chi connectivity index (χ4n) is 5.87. The number of piperidine rings is 1. The van der Waals surface area contributed by atoms with Gasteiger partial charge in [-0.1, -0.05) is 17.3 Å². The van der Waals surface area contributed by atoms with Crippen LogP contribution in [0.3, 0.4) is 0 Å². The van der Waals surface area contributed by atoms with E-state index in [0.29, 0.717) is 22.9 Å². The first-order valence-corrected chi connectivity index (χ1v) is 13.3. The van der Waals surface area contributed by atoms with Gasteiger partial charge in [-0.25, -0.2) is 14.8 Å². The number of carbonyl (C=O) groups is 1. The molecule has 0 N–H and O–H groups in total. The molecule has 2 bridgehead atoms. The summed E-state index contributed by atoms with van der Waals surface area (Å²) in [6.45, 7) is -0.832.